The van der Waals surface area contributed by atoms with E-state index in [1.54, 1.807) is 6.92 Å². The highest BCUT2D eigenvalue weighted by Gasteiger charge is 2.13. The van der Waals surface area contributed by atoms with E-state index in [0.29, 0.717) is 17.5 Å². The van der Waals surface area contributed by atoms with Crippen molar-refractivity contribution in [1.29, 1.82) is 0 Å². The summed E-state index contributed by atoms with van der Waals surface area (Å²) in [5, 5.41) is 19.2. The summed E-state index contributed by atoms with van der Waals surface area (Å²) in [5.74, 6) is -0.525. The van der Waals surface area contributed by atoms with Crippen LogP contribution >= 0.6 is 0 Å². The highest BCUT2D eigenvalue weighted by atomic mass is 16.3. The quantitative estimate of drug-likeness (QED) is 0.736. The molecule has 0 bridgehead atoms. The molecule has 1 aromatic carbocycles. The van der Waals surface area contributed by atoms with Gasteiger partial charge in [-0.2, -0.15) is 0 Å². The minimum absolute atomic E-state index is 0.186. The van der Waals surface area contributed by atoms with E-state index in [4.69, 9.17) is 0 Å². The van der Waals surface area contributed by atoms with Gasteiger partial charge in [0.15, 0.2) is 11.6 Å². The Labute approximate surface area is 98.2 Å². The van der Waals surface area contributed by atoms with E-state index in [1.807, 2.05) is 30.3 Å². The molecule has 1 aromatic heterocycles. The van der Waals surface area contributed by atoms with Crippen molar-refractivity contribution in [3.05, 3.63) is 57.4 Å². The summed E-state index contributed by atoms with van der Waals surface area (Å²) in [6.45, 7) is 1.61. The van der Waals surface area contributed by atoms with Crippen LogP contribution in [0.2, 0.25) is 0 Å². The smallest absolute Gasteiger partial charge is 0.293 e. The number of H-pyrrole nitrogens is 1. The Morgan fingerprint density at radius 1 is 1.18 bits per heavy atom. The third kappa shape index (κ3) is 2.15. The summed E-state index contributed by atoms with van der Waals surface area (Å²) < 4.78 is 0. The zero-order chi connectivity index (χ0) is 12.4. The number of benzene rings is 1. The monoisotopic (exact) mass is 231 g/mol. The molecule has 0 unspecified atom stereocenters. The number of nitrogens with one attached hydrogen (secondary N) is 1. The Bertz CT molecular complexity index is 588. The minimum atomic E-state index is -0.670. The van der Waals surface area contributed by atoms with Gasteiger partial charge in [0.2, 0.25) is 0 Å². The van der Waals surface area contributed by atoms with Gasteiger partial charge in [0.25, 0.3) is 5.56 Å². The van der Waals surface area contributed by atoms with Crippen molar-refractivity contribution in [3.63, 3.8) is 0 Å². The highest BCUT2D eigenvalue weighted by Crippen LogP contribution is 2.24. The predicted octanol–water partition coefficient (Wildman–Crippen LogP) is 1.69. The van der Waals surface area contributed by atoms with Gasteiger partial charge in [0.1, 0.15) is 0 Å². The molecule has 0 aliphatic rings. The number of aromatic hydroxyl groups is 2. The van der Waals surface area contributed by atoms with Crippen molar-refractivity contribution in [1.82, 2.24) is 4.98 Å². The van der Waals surface area contributed by atoms with Gasteiger partial charge in [-0.05, 0) is 12.5 Å². The number of pyridine rings is 1. The molecule has 0 atom stereocenters. The van der Waals surface area contributed by atoms with Crippen molar-refractivity contribution >= 4 is 0 Å². The molecule has 3 N–H and O–H groups in total. The molecule has 1 heterocycles. The number of hydrogen-bond acceptors (Lipinski definition) is 3. The maximum absolute atomic E-state index is 11.2. The fourth-order valence-corrected chi connectivity index (χ4v) is 1.75. The number of aromatic nitrogens is 1. The van der Waals surface area contributed by atoms with E-state index in [-0.39, 0.29) is 11.6 Å². The second kappa shape index (κ2) is 4.33. The van der Waals surface area contributed by atoms with Gasteiger partial charge in [0.05, 0.1) is 0 Å². The fraction of sp³-hybridized carbons (Fsp3) is 0.154. The SMILES string of the molecule is Cc1c(Cc2ccccc2)c(O)[nH]c(=O)c1O. The molecular formula is C13H13NO3. The Balaban J connectivity index is 2.47. The maximum Gasteiger partial charge on any atom is 0.293 e. The normalized spacial score (nSPS) is 10.4. The van der Waals surface area contributed by atoms with Crippen LogP contribution < -0.4 is 5.56 Å². The number of rotatable bonds is 2. The average Bonchev–Trinajstić information content (AvgIpc) is 2.33. The summed E-state index contributed by atoms with van der Waals surface area (Å²) in [6.07, 6.45) is 0.461. The molecule has 0 spiro atoms. The van der Waals surface area contributed by atoms with Gasteiger partial charge in [0, 0.05) is 17.5 Å². The van der Waals surface area contributed by atoms with Crippen molar-refractivity contribution in [2.75, 3.05) is 0 Å². The van der Waals surface area contributed by atoms with Crippen LogP contribution in [0.3, 0.4) is 0 Å². The molecule has 88 valence electrons. The lowest BCUT2D eigenvalue weighted by atomic mass is 10.0. The second-order valence-corrected chi connectivity index (χ2v) is 3.92. The molecule has 17 heavy (non-hydrogen) atoms. The number of hydrogen-bond donors (Lipinski definition) is 3. The van der Waals surface area contributed by atoms with E-state index in [1.165, 1.54) is 0 Å². The predicted molar refractivity (Wildman–Crippen MR) is 64.4 cm³/mol. The van der Waals surface area contributed by atoms with Gasteiger partial charge in [-0.15, -0.1) is 0 Å². The third-order valence-corrected chi connectivity index (χ3v) is 2.76. The first kappa shape index (κ1) is 11.3. The second-order valence-electron chi connectivity index (χ2n) is 3.92. The Hall–Kier alpha value is -2.23. The molecule has 2 rings (SSSR count). The summed E-state index contributed by atoms with van der Waals surface area (Å²) in [7, 11) is 0. The lowest BCUT2D eigenvalue weighted by molar-refractivity contribution is 0.426. The molecule has 2 aromatic rings. The average molecular weight is 231 g/mol. The van der Waals surface area contributed by atoms with Crippen LogP contribution in [0.4, 0.5) is 0 Å². The molecule has 0 saturated carbocycles. The van der Waals surface area contributed by atoms with Crippen LogP contribution in [0.15, 0.2) is 35.1 Å². The topological polar surface area (TPSA) is 73.3 Å². The van der Waals surface area contributed by atoms with Crippen molar-refractivity contribution < 1.29 is 10.2 Å². The van der Waals surface area contributed by atoms with E-state index in [2.05, 4.69) is 4.98 Å². The van der Waals surface area contributed by atoms with Gasteiger partial charge >= 0.3 is 0 Å². The largest absolute Gasteiger partial charge is 0.503 e. The molecule has 0 aliphatic heterocycles. The van der Waals surface area contributed by atoms with Crippen molar-refractivity contribution in [2.45, 2.75) is 13.3 Å². The molecule has 4 heteroatoms. The van der Waals surface area contributed by atoms with Crippen LogP contribution in [-0.4, -0.2) is 15.2 Å². The zero-order valence-electron chi connectivity index (χ0n) is 9.40. The first-order valence-corrected chi connectivity index (χ1v) is 5.27. The van der Waals surface area contributed by atoms with Crippen molar-refractivity contribution in [2.24, 2.45) is 0 Å². The molecule has 4 nitrogen and oxygen atoms in total. The van der Waals surface area contributed by atoms with Gasteiger partial charge in [-0.1, -0.05) is 30.3 Å². The third-order valence-electron chi connectivity index (χ3n) is 2.76. The molecule has 0 aliphatic carbocycles. The van der Waals surface area contributed by atoms with E-state index >= 15 is 0 Å². The Morgan fingerprint density at radius 3 is 2.47 bits per heavy atom. The molecular weight excluding hydrogens is 218 g/mol. The van der Waals surface area contributed by atoms with E-state index in [0.717, 1.165) is 5.56 Å². The Kier molecular flexibility index (Phi) is 2.87. The molecule has 0 radical (unpaired) electrons. The first-order chi connectivity index (χ1) is 8.09. The van der Waals surface area contributed by atoms with Gasteiger partial charge < -0.3 is 10.2 Å². The standard InChI is InChI=1S/C13H13NO3/c1-8-10(7-9-5-3-2-4-6-9)12(16)14-13(17)11(8)15/h2-6,15H,7H2,1H3,(H2,14,16,17). The summed E-state index contributed by atoms with van der Waals surface area (Å²) >= 11 is 0. The zero-order valence-corrected chi connectivity index (χ0v) is 9.40. The fourth-order valence-electron chi connectivity index (χ4n) is 1.75. The van der Waals surface area contributed by atoms with Crippen LogP contribution in [0.25, 0.3) is 0 Å². The first-order valence-electron chi connectivity index (χ1n) is 5.27. The molecule has 0 saturated heterocycles. The lowest BCUT2D eigenvalue weighted by Crippen LogP contribution is -2.09. The van der Waals surface area contributed by atoms with E-state index < -0.39 is 5.56 Å². The summed E-state index contributed by atoms with van der Waals surface area (Å²) in [5.41, 5.74) is 1.28. The minimum Gasteiger partial charge on any atom is -0.503 e. The lowest BCUT2D eigenvalue weighted by Gasteiger charge is -2.09. The van der Waals surface area contributed by atoms with E-state index in [9.17, 15) is 15.0 Å². The molecule has 0 amide bonds. The maximum atomic E-state index is 11.2. The summed E-state index contributed by atoms with van der Waals surface area (Å²) in [6, 6.07) is 9.53. The molecule has 0 fully saturated rings. The van der Waals surface area contributed by atoms with Gasteiger partial charge in [-0.3, -0.25) is 9.78 Å². The number of aromatic amines is 1. The van der Waals surface area contributed by atoms with Crippen LogP contribution in [0.5, 0.6) is 11.6 Å². The van der Waals surface area contributed by atoms with Crippen molar-refractivity contribution in [3.8, 4) is 11.6 Å². The highest BCUT2D eigenvalue weighted by molar-refractivity contribution is 5.44. The van der Waals surface area contributed by atoms with Crippen LogP contribution in [0, 0.1) is 6.92 Å². The van der Waals surface area contributed by atoms with Crippen LogP contribution in [-0.2, 0) is 6.42 Å². The Morgan fingerprint density at radius 2 is 1.82 bits per heavy atom. The van der Waals surface area contributed by atoms with Crippen LogP contribution in [0.1, 0.15) is 16.7 Å². The van der Waals surface area contributed by atoms with Gasteiger partial charge in [-0.25, -0.2) is 0 Å². The summed E-state index contributed by atoms with van der Waals surface area (Å²) in [4.78, 5) is 13.4.